The highest BCUT2D eigenvalue weighted by Gasteiger charge is 2.46. The maximum atomic E-state index is 14.6. The number of cyclic esters (lactones) is 1. The minimum Gasteiger partial charge on any atom is -0.442 e. The van der Waals surface area contributed by atoms with Gasteiger partial charge >= 0.3 is 18.0 Å². The Morgan fingerprint density at radius 2 is 1.93 bits per heavy atom. The first-order chi connectivity index (χ1) is 12.6. The zero-order valence-electron chi connectivity index (χ0n) is 13.9. The summed E-state index contributed by atoms with van der Waals surface area (Å²) in [4.78, 5) is 24.4. The van der Waals surface area contributed by atoms with Crippen LogP contribution in [0.15, 0.2) is 18.2 Å². The third kappa shape index (κ3) is 4.26. The van der Waals surface area contributed by atoms with E-state index in [1.165, 1.54) is 17.0 Å². The first kappa shape index (κ1) is 19.3. The van der Waals surface area contributed by atoms with Crippen molar-refractivity contribution in [2.45, 2.75) is 18.1 Å². The summed E-state index contributed by atoms with van der Waals surface area (Å²) >= 11 is 0. The molecule has 11 nitrogen and oxygen atoms in total. The van der Waals surface area contributed by atoms with Crippen LogP contribution < -0.4 is 15.1 Å². The lowest BCUT2D eigenvalue weighted by molar-refractivity contribution is -0.474. The molecule has 0 aromatic heterocycles. The van der Waals surface area contributed by atoms with Gasteiger partial charge in [0.1, 0.15) is 25.0 Å². The minimum atomic E-state index is -2.90. The molecule has 2 heterocycles. The second-order valence-corrected chi connectivity index (χ2v) is 6.22. The number of nitrogens with one attached hydrogen (secondary N) is 1. The fourth-order valence-electron chi connectivity index (χ4n) is 2.99. The van der Waals surface area contributed by atoms with Gasteiger partial charge in [0.05, 0.1) is 24.5 Å². The van der Waals surface area contributed by atoms with E-state index in [2.05, 4.69) is 10.1 Å². The number of carbonyl (C=O) groups excluding carboxylic acids is 2. The minimum absolute atomic E-state index is 0.1000. The van der Waals surface area contributed by atoms with Crippen molar-refractivity contribution in [2.24, 2.45) is 0 Å². The van der Waals surface area contributed by atoms with Crippen LogP contribution in [0.4, 0.5) is 20.6 Å². The number of β-amino-alcohol motifs (C(OH)–C–C–N with tert-alkyl or cyclic N) is 4. The summed E-state index contributed by atoms with van der Waals surface area (Å²) in [5.41, 5.74) is 0.0235. The van der Waals surface area contributed by atoms with Gasteiger partial charge < -0.3 is 35.4 Å². The number of halogens is 1. The van der Waals surface area contributed by atoms with E-state index in [0.717, 1.165) is 11.0 Å². The van der Waals surface area contributed by atoms with Crippen molar-refractivity contribution in [3.05, 3.63) is 24.0 Å². The summed E-state index contributed by atoms with van der Waals surface area (Å²) in [5.74, 6) is -6.64. The largest absolute Gasteiger partial charge is 0.442 e. The van der Waals surface area contributed by atoms with E-state index >= 15 is 0 Å². The second kappa shape index (κ2) is 6.90. The SMILES string of the molecule is O=CNCC1CN(c2ccc(N3CC(O)(O)OC(O)(O)C3)c(F)c2)C(=O)O1. The molecule has 2 aliphatic rings. The second-order valence-electron chi connectivity index (χ2n) is 6.22. The van der Waals surface area contributed by atoms with Crippen LogP contribution in [0.3, 0.4) is 0 Å². The lowest BCUT2D eigenvalue weighted by atomic mass is 10.2. The van der Waals surface area contributed by atoms with Crippen molar-refractivity contribution in [3.63, 3.8) is 0 Å². The molecule has 27 heavy (non-hydrogen) atoms. The van der Waals surface area contributed by atoms with Gasteiger partial charge in [-0.15, -0.1) is 0 Å². The van der Waals surface area contributed by atoms with E-state index in [1.54, 1.807) is 0 Å². The third-order valence-corrected chi connectivity index (χ3v) is 4.01. The number of nitrogens with zero attached hydrogens (tertiary/aromatic N) is 2. The van der Waals surface area contributed by atoms with E-state index in [-0.39, 0.29) is 24.5 Å². The van der Waals surface area contributed by atoms with Crippen molar-refractivity contribution in [1.82, 2.24) is 5.32 Å². The number of amides is 2. The predicted octanol–water partition coefficient (Wildman–Crippen LogP) is -1.99. The molecule has 1 unspecified atom stereocenters. The average molecular weight is 387 g/mol. The van der Waals surface area contributed by atoms with Crippen LogP contribution in [0, 0.1) is 5.82 Å². The van der Waals surface area contributed by atoms with Crippen LogP contribution in [0.1, 0.15) is 0 Å². The van der Waals surface area contributed by atoms with Crippen molar-refractivity contribution < 1.29 is 43.9 Å². The van der Waals surface area contributed by atoms with Crippen LogP contribution in [0.25, 0.3) is 0 Å². The third-order valence-electron chi connectivity index (χ3n) is 4.01. The molecule has 0 saturated carbocycles. The Balaban J connectivity index is 1.78. The van der Waals surface area contributed by atoms with Gasteiger partial charge in [0, 0.05) is 0 Å². The Morgan fingerprint density at radius 3 is 2.52 bits per heavy atom. The number of aliphatic hydroxyl groups is 4. The fourth-order valence-corrected chi connectivity index (χ4v) is 2.99. The molecule has 0 radical (unpaired) electrons. The van der Waals surface area contributed by atoms with Crippen molar-refractivity contribution in [2.75, 3.05) is 36.0 Å². The van der Waals surface area contributed by atoms with E-state index in [0.29, 0.717) is 6.41 Å². The summed E-state index contributed by atoms with van der Waals surface area (Å²) in [6.45, 7) is -1.07. The van der Waals surface area contributed by atoms with Crippen molar-refractivity contribution >= 4 is 23.9 Å². The van der Waals surface area contributed by atoms with Crippen molar-refractivity contribution in [3.8, 4) is 0 Å². The first-order valence-corrected chi connectivity index (χ1v) is 7.89. The average Bonchev–Trinajstić information content (AvgIpc) is 2.90. The molecule has 2 amide bonds. The Kier molecular flexibility index (Phi) is 4.92. The Morgan fingerprint density at radius 1 is 1.26 bits per heavy atom. The molecule has 3 rings (SSSR count). The summed E-state index contributed by atoms with van der Waals surface area (Å²) < 4.78 is 23.9. The molecule has 0 spiro atoms. The zero-order chi connectivity index (χ0) is 19.8. The summed E-state index contributed by atoms with van der Waals surface area (Å²) in [5, 5.41) is 40.6. The monoisotopic (exact) mass is 387 g/mol. The van der Waals surface area contributed by atoms with Gasteiger partial charge in [0.15, 0.2) is 0 Å². The van der Waals surface area contributed by atoms with Gasteiger partial charge in [0.25, 0.3) is 0 Å². The molecule has 5 N–H and O–H groups in total. The molecule has 148 valence electrons. The molecule has 2 saturated heterocycles. The van der Waals surface area contributed by atoms with E-state index in [9.17, 15) is 34.4 Å². The molecule has 1 aromatic carbocycles. The van der Waals surface area contributed by atoms with Gasteiger partial charge in [0.2, 0.25) is 6.41 Å². The lowest BCUT2D eigenvalue weighted by Gasteiger charge is -2.42. The smallest absolute Gasteiger partial charge is 0.414 e. The molecule has 0 bridgehead atoms. The maximum absolute atomic E-state index is 14.6. The molecule has 2 aliphatic heterocycles. The van der Waals surface area contributed by atoms with Crippen LogP contribution >= 0.6 is 0 Å². The quantitative estimate of drug-likeness (QED) is 0.286. The highest BCUT2D eigenvalue weighted by atomic mass is 19.1. The van der Waals surface area contributed by atoms with E-state index in [4.69, 9.17) is 4.74 Å². The van der Waals surface area contributed by atoms with Gasteiger partial charge in [-0.3, -0.25) is 14.4 Å². The normalized spacial score (nSPS) is 23.9. The van der Waals surface area contributed by atoms with Gasteiger partial charge in [-0.25, -0.2) is 9.18 Å². The number of rotatable bonds is 5. The molecule has 1 aromatic rings. The number of hydrogen-bond donors (Lipinski definition) is 5. The Labute approximate surface area is 152 Å². The number of anilines is 2. The maximum Gasteiger partial charge on any atom is 0.414 e. The molecular weight excluding hydrogens is 369 g/mol. The fraction of sp³-hybridized carbons (Fsp3) is 0.467. The number of ether oxygens (including phenoxy) is 2. The first-order valence-electron chi connectivity index (χ1n) is 7.89. The topological polar surface area (TPSA) is 152 Å². The van der Waals surface area contributed by atoms with E-state index in [1.807, 2.05) is 0 Å². The number of morpholine rings is 1. The summed E-state index contributed by atoms with van der Waals surface area (Å²) in [6.07, 6.45) is -0.822. The van der Waals surface area contributed by atoms with Gasteiger partial charge in [-0.1, -0.05) is 0 Å². The van der Waals surface area contributed by atoms with Crippen LogP contribution in [0.2, 0.25) is 0 Å². The van der Waals surface area contributed by atoms with Crippen LogP contribution in [-0.4, -0.2) is 77.2 Å². The molecule has 12 heteroatoms. The zero-order valence-corrected chi connectivity index (χ0v) is 13.9. The standard InChI is InChI=1S/C15H18FN3O8/c16-11-3-9(19-5-10(4-17-8-20)26-13(19)21)1-2-12(11)18-6-14(22,23)27-15(24,25)7-18/h1-3,8,10,22-25H,4-7H2,(H,17,20). The number of benzene rings is 1. The molecule has 0 aliphatic carbocycles. The molecule has 1 atom stereocenters. The predicted molar refractivity (Wildman–Crippen MR) is 85.7 cm³/mol. The lowest BCUT2D eigenvalue weighted by Crippen LogP contribution is -2.62. The van der Waals surface area contributed by atoms with Crippen molar-refractivity contribution in [1.29, 1.82) is 0 Å². The van der Waals surface area contributed by atoms with Gasteiger partial charge in [-0.05, 0) is 18.2 Å². The molecule has 2 fully saturated rings. The van der Waals surface area contributed by atoms with Crippen LogP contribution in [-0.2, 0) is 14.3 Å². The van der Waals surface area contributed by atoms with E-state index < -0.39 is 43.1 Å². The highest BCUT2D eigenvalue weighted by Crippen LogP contribution is 2.32. The van der Waals surface area contributed by atoms with Gasteiger partial charge in [-0.2, -0.15) is 0 Å². The number of hydrogen-bond acceptors (Lipinski definition) is 9. The Bertz CT molecular complexity index is 728. The van der Waals surface area contributed by atoms with Crippen LogP contribution in [0.5, 0.6) is 0 Å². The highest BCUT2D eigenvalue weighted by molar-refractivity contribution is 5.90. The summed E-state index contributed by atoms with van der Waals surface area (Å²) in [7, 11) is 0. The summed E-state index contributed by atoms with van der Waals surface area (Å²) in [6, 6.07) is 3.65. The number of carbonyl (C=O) groups is 2. The Hall–Kier alpha value is -2.51. The molecular formula is C15H18FN3O8.